The first-order valence-corrected chi connectivity index (χ1v) is 3.57. The predicted molar refractivity (Wildman–Crippen MR) is 43.4 cm³/mol. The first-order chi connectivity index (χ1) is 6.15. The van der Waals surface area contributed by atoms with Crippen LogP contribution in [-0.4, -0.2) is 28.3 Å². The van der Waals surface area contributed by atoms with Crippen LogP contribution in [0.25, 0.3) is 0 Å². The highest BCUT2D eigenvalue weighted by Crippen LogP contribution is 2.13. The van der Waals surface area contributed by atoms with Crippen molar-refractivity contribution >= 4 is 5.97 Å². The zero-order valence-electron chi connectivity index (χ0n) is 6.97. The molecular formula is C8H9NO4. The second-order valence-electron chi connectivity index (χ2n) is 2.35. The lowest BCUT2D eigenvalue weighted by molar-refractivity contribution is -0.147. The number of carbonyl (C=O) groups is 1. The van der Waals surface area contributed by atoms with Crippen molar-refractivity contribution in [2.45, 2.75) is 6.10 Å². The molecule has 0 aliphatic carbocycles. The van der Waals surface area contributed by atoms with E-state index in [9.17, 15) is 4.79 Å². The third-order valence-corrected chi connectivity index (χ3v) is 1.47. The molecule has 1 atom stereocenters. The van der Waals surface area contributed by atoms with Crippen LogP contribution in [-0.2, 0) is 4.79 Å². The number of ether oxygens (including phenoxy) is 1. The summed E-state index contributed by atoms with van der Waals surface area (Å²) in [6, 6.07) is 4.55. The third kappa shape index (κ3) is 2.16. The van der Waals surface area contributed by atoms with Gasteiger partial charge in [-0.2, -0.15) is 0 Å². The topological polar surface area (TPSA) is 79.7 Å². The van der Waals surface area contributed by atoms with Crippen molar-refractivity contribution < 1.29 is 19.7 Å². The molecule has 2 N–H and O–H groups in total. The van der Waals surface area contributed by atoms with Gasteiger partial charge in [0.25, 0.3) is 0 Å². The Labute approximate surface area is 74.6 Å². The Morgan fingerprint density at radius 2 is 2.31 bits per heavy atom. The Kier molecular flexibility index (Phi) is 2.81. The van der Waals surface area contributed by atoms with Gasteiger partial charge in [0.05, 0.1) is 12.8 Å². The van der Waals surface area contributed by atoms with E-state index in [1.807, 2.05) is 0 Å². The summed E-state index contributed by atoms with van der Waals surface area (Å²) in [6.45, 7) is 0. The van der Waals surface area contributed by atoms with Crippen LogP contribution in [0.3, 0.4) is 0 Å². The molecule has 1 aromatic heterocycles. The minimum absolute atomic E-state index is 0.0619. The number of aliphatic hydroxyl groups excluding tert-OH is 1. The van der Waals surface area contributed by atoms with E-state index in [0.29, 0.717) is 0 Å². The zero-order chi connectivity index (χ0) is 9.84. The summed E-state index contributed by atoms with van der Waals surface area (Å²) >= 11 is 0. The molecule has 0 aliphatic rings. The van der Waals surface area contributed by atoms with Crippen LogP contribution in [0, 0.1) is 0 Å². The zero-order valence-corrected chi connectivity index (χ0v) is 6.97. The highest BCUT2D eigenvalue weighted by Gasteiger charge is 2.17. The van der Waals surface area contributed by atoms with Crippen LogP contribution in [0.15, 0.2) is 18.2 Å². The average Bonchev–Trinajstić information content (AvgIpc) is 2.16. The van der Waals surface area contributed by atoms with Gasteiger partial charge in [-0.1, -0.05) is 6.07 Å². The number of aliphatic hydroxyl groups is 1. The fourth-order valence-corrected chi connectivity index (χ4v) is 0.823. The van der Waals surface area contributed by atoms with E-state index < -0.39 is 12.1 Å². The summed E-state index contributed by atoms with van der Waals surface area (Å²) in [7, 11) is 1.42. The number of rotatable bonds is 3. The van der Waals surface area contributed by atoms with Gasteiger partial charge in [0.2, 0.25) is 5.88 Å². The maximum Gasteiger partial charge on any atom is 0.338 e. The Bertz CT molecular complexity index is 313. The highest BCUT2D eigenvalue weighted by atomic mass is 16.5. The molecule has 1 unspecified atom stereocenters. The summed E-state index contributed by atoms with van der Waals surface area (Å²) in [4.78, 5) is 14.1. The van der Waals surface area contributed by atoms with Crippen molar-refractivity contribution in [1.82, 2.24) is 4.98 Å². The quantitative estimate of drug-likeness (QED) is 0.700. The van der Waals surface area contributed by atoms with E-state index in [2.05, 4.69) is 4.98 Å². The minimum atomic E-state index is -1.60. The minimum Gasteiger partial charge on any atom is -0.481 e. The SMILES string of the molecule is COc1cccc(C(O)C(=O)O)n1. The number of carboxylic acids is 1. The number of carboxylic acid groups (broad SMARTS) is 1. The Morgan fingerprint density at radius 1 is 1.62 bits per heavy atom. The van der Waals surface area contributed by atoms with Crippen molar-refractivity contribution in [2.75, 3.05) is 7.11 Å². The van der Waals surface area contributed by atoms with Crippen LogP contribution < -0.4 is 4.74 Å². The van der Waals surface area contributed by atoms with E-state index in [1.165, 1.54) is 13.2 Å². The van der Waals surface area contributed by atoms with Gasteiger partial charge in [-0.05, 0) is 6.07 Å². The van der Waals surface area contributed by atoms with Crippen LogP contribution in [0.1, 0.15) is 11.8 Å². The second-order valence-corrected chi connectivity index (χ2v) is 2.35. The van der Waals surface area contributed by atoms with E-state index in [-0.39, 0.29) is 11.6 Å². The van der Waals surface area contributed by atoms with Crippen molar-refractivity contribution in [1.29, 1.82) is 0 Å². The molecule has 0 saturated heterocycles. The first kappa shape index (κ1) is 9.47. The van der Waals surface area contributed by atoms with Gasteiger partial charge in [0.15, 0.2) is 6.10 Å². The van der Waals surface area contributed by atoms with Crippen LogP contribution in [0.4, 0.5) is 0 Å². The molecule has 0 aromatic carbocycles. The van der Waals surface area contributed by atoms with Gasteiger partial charge in [0.1, 0.15) is 0 Å². The van der Waals surface area contributed by atoms with Crippen LogP contribution >= 0.6 is 0 Å². The maximum absolute atomic E-state index is 10.4. The lowest BCUT2D eigenvalue weighted by Crippen LogP contribution is -2.12. The van der Waals surface area contributed by atoms with E-state index in [4.69, 9.17) is 14.9 Å². The average molecular weight is 183 g/mol. The fourth-order valence-electron chi connectivity index (χ4n) is 0.823. The molecule has 0 amide bonds. The molecule has 70 valence electrons. The van der Waals surface area contributed by atoms with Crippen molar-refractivity contribution in [2.24, 2.45) is 0 Å². The largest absolute Gasteiger partial charge is 0.481 e. The molecule has 1 aromatic rings. The second kappa shape index (κ2) is 3.86. The summed E-state index contributed by atoms with van der Waals surface area (Å²) < 4.78 is 4.77. The normalized spacial score (nSPS) is 12.2. The van der Waals surface area contributed by atoms with Gasteiger partial charge < -0.3 is 14.9 Å². The van der Waals surface area contributed by atoms with E-state index in [0.717, 1.165) is 0 Å². The number of pyridine rings is 1. The number of nitrogens with zero attached hydrogens (tertiary/aromatic N) is 1. The summed E-state index contributed by atoms with van der Waals surface area (Å²) in [5.74, 6) is -1.06. The van der Waals surface area contributed by atoms with E-state index in [1.54, 1.807) is 12.1 Å². The summed E-state index contributed by atoms with van der Waals surface area (Å²) in [5, 5.41) is 17.6. The molecule has 0 radical (unpaired) electrons. The molecule has 0 bridgehead atoms. The Hall–Kier alpha value is -1.62. The summed E-state index contributed by atoms with van der Waals surface area (Å²) in [6.07, 6.45) is -1.60. The molecular weight excluding hydrogens is 174 g/mol. The van der Waals surface area contributed by atoms with Crippen molar-refractivity contribution in [3.05, 3.63) is 23.9 Å². The van der Waals surface area contributed by atoms with Crippen LogP contribution in [0.5, 0.6) is 5.88 Å². The number of hydrogen-bond donors (Lipinski definition) is 2. The van der Waals surface area contributed by atoms with Crippen LogP contribution in [0.2, 0.25) is 0 Å². The molecule has 1 heterocycles. The third-order valence-electron chi connectivity index (χ3n) is 1.47. The number of aliphatic carboxylic acids is 1. The van der Waals surface area contributed by atoms with E-state index >= 15 is 0 Å². The van der Waals surface area contributed by atoms with Gasteiger partial charge in [0, 0.05) is 6.07 Å². The maximum atomic E-state index is 10.4. The van der Waals surface area contributed by atoms with Crippen molar-refractivity contribution in [3.8, 4) is 5.88 Å². The highest BCUT2D eigenvalue weighted by molar-refractivity contribution is 5.73. The Morgan fingerprint density at radius 3 is 2.85 bits per heavy atom. The molecule has 0 fully saturated rings. The fraction of sp³-hybridized carbons (Fsp3) is 0.250. The molecule has 13 heavy (non-hydrogen) atoms. The predicted octanol–water partition coefficient (Wildman–Crippen LogP) is 0.208. The molecule has 5 heteroatoms. The van der Waals surface area contributed by atoms with Gasteiger partial charge in [-0.25, -0.2) is 9.78 Å². The molecule has 0 saturated carbocycles. The smallest absolute Gasteiger partial charge is 0.338 e. The lowest BCUT2D eigenvalue weighted by atomic mass is 10.2. The molecule has 5 nitrogen and oxygen atoms in total. The molecule has 1 rings (SSSR count). The van der Waals surface area contributed by atoms with Crippen molar-refractivity contribution in [3.63, 3.8) is 0 Å². The van der Waals surface area contributed by atoms with Gasteiger partial charge in [-0.3, -0.25) is 0 Å². The Balaban J connectivity index is 2.94. The molecule has 0 spiro atoms. The molecule has 0 aliphatic heterocycles. The first-order valence-electron chi connectivity index (χ1n) is 3.57. The number of methoxy groups -OCH3 is 1. The summed E-state index contributed by atoms with van der Waals surface area (Å²) in [5.41, 5.74) is 0.0619. The number of hydrogen-bond acceptors (Lipinski definition) is 4. The lowest BCUT2D eigenvalue weighted by Gasteiger charge is -2.05. The number of aromatic nitrogens is 1. The van der Waals surface area contributed by atoms with Gasteiger partial charge in [-0.15, -0.1) is 0 Å². The van der Waals surface area contributed by atoms with Gasteiger partial charge >= 0.3 is 5.97 Å². The monoisotopic (exact) mass is 183 g/mol. The standard InChI is InChI=1S/C8H9NO4/c1-13-6-4-2-3-5(9-6)7(10)8(11)12/h2-4,7,10H,1H3,(H,11,12).